The van der Waals surface area contributed by atoms with Crippen molar-refractivity contribution in [2.24, 2.45) is 0 Å². The molecule has 1 aromatic heterocycles. The minimum Gasteiger partial charge on any atom is -0.319 e. The van der Waals surface area contributed by atoms with Crippen LogP contribution in [0.4, 0.5) is 4.39 Å². The molecular formula is C20H15FN2. The largest absolute Gasteiger partial charge is 0.319 e. The van der Waals surface area contributed by atoms with Crippen LogP contribution in [-0.2, 0) is 6.54 Å². The molecule has 23 heavy (non-hydrogen) atoms. The average Bonchev–Trinajstić information content (AvgIpc) is 2.95. The molecule has 0 aliphatic heterocycles. The lowest BCUT2D eigenvalue weighted by Crippen LogP contribution is -2.02. The van der Waals surface area contributed by atoms with Gasteiger partial charge in [0.25, 0.3) is 0 Å². The number of nitrogens with zero attached hydrogens (tertiary/aromatic N) is 2. The van der Waals surface area contributed by atoms with E-state index in [-0.39, 0.29) is 5.82 Å². The SMILES string of the molecule is Fc1cccc(Cn2c(-c3ccccc3)nc3ccccc32)c1. The summed E-state index contributed by atoms with van der Waals surface area (Å²) in [5.74, 6) is 0.684. The maximum Gasteiger partial charge on any atom is 0.141 e. The van der Waals surface area contributed by atoms with E-state index in [1.165, 1.54) is 6.07 Å². The Morgan fingerprint density at radius 3 is 2.43 bits per heavy atom. The monoisotopic (exact) mass is 302 g/mol. The number of hydrogen-bond acceptors (Lipinski definition) is 1. The van der Waals surface area contributed by atoms with Gasteiger partial charge in [0.15, 0.2) is 0 Å². The maximum atomic E-state index is 13.5. The van der Waals surface area contributed by atoms with Crippen molar-refractivity contribution in [2.45, 2.75) is 6.54 Å². The number of benzene rings is 3. The molecule has 3 heteroatoms. The molecule has 0 aliphatic rings. The molecular weight excluding hydrogens is 287 g/mol. The molecule has 0 saturated heterocycles. The molecule has 0 atom stereocenters. The zero-order chi connectivity index (χ0) is 15.6. The summed E-state index contributed by atoms with van der Waals surface area (Å²) in [5.41, 5.74) is 3.98. The highest BCUT2D eigenvalue weighted by Crippen LogP contribution is 2.25. The Morgan fingerprint density at radius 2 is 1.61 bits per heavy atom. The fraction of sp³-hybridized carbons (Fsp3) is 0.0500. The van der Waals surface area contributed by atoms with Crippen LogP contribution in [0.15, 0.2) is 78.9 Å². The third kappa shape index (κ3) is 2.61. The van der Waals surface area contributed by atoms with Gasteiger partial charge in [-0.05, 0) is 29.8 Å². The van der Waals surface area contributed by atoms with Crippen LogP contribution in [0.5, 0.6) is 0 Å². The second-order valence-corrected chi connectivity index (χ2v) is 5.51. The van der Waals surface area contributed by atoms with Crippen molar-refractivity contribution in [3.63, 3.8) is 0 Å². The third-order valence-electron chi connectivity index (χ3n) is 3.92. The van der Waals surface area contributed by atoms with Gasteiger partial charge in [0, 0.05) is 12.1 Å². The highest BCUT2D eigenvalue weighted by atomic mass is 19.1. The summed E-state index contributed by atoms with van der Waals surface area (Å²) in [6.07, 6.45) is 0. The van der Waals surface area contributed by atoms with E-state index in [9.17, 15) is 4.39 Å². The van der Waals surface area contributed by atoms with Crippen LogP contribution in [0.1, 0.15) is 5.56 Å². The van der Waals surface area contributed by atoms with Gasteiger partial charge in [-0.25, -0.2) is 9.37 Å². The number of halogens is 1. The van der Waals surface area contributed by atoms with Gasteiger partial charge in [-0.15, -0.1) is 0 Å². The van der Waals surface area contributed by atoms with Gasteiger partial charge in [-0.3, -0.25) is 0 Å². The number of aromatic nitrogens is 2. The molecule has 0 amide bonds. The van der Waals surface area contributed by atoms with Crippen molar-refractivity contribution < 1.29 is 4.39 Å². The fourth-order valence-electron chi connectivity index (χ4n) is 2.86. The first-order valence-corrected chi connectivity index (χ1v) is 7.56. The summed E-state index contributed by atoms with van der Waals surface area (Å²) < 4.78 is 15.6. The van der Waals surface area contributed by atoms with E-state index in [1.54, 1.807) is 12.1 Å². The van der Waals surface area contributed by atoms with Gasteiger partial charge >= 0.3 is 0 Å². The van der Waals surface area contributed by atoms with Gasteiger partial charge in [0.05, 0.1) is 11.0 Å². The Morgan fingerprint density at radius 1 is 0.826 bits per heavy atom. The van der Waals surface area contributed by atoms with Crippen molar-refractivity contribution in [2.75, 3.05) is 0 Å². The summed E-state index contributed by atoms with van der Waals surface area (Å²) in [7, 11) is 0. The summed E-state index contributed by atoms with van der Waals surface area (Å²) in [6, 6.07) is 24.8. The van der Waals surface area contributed by atoms with Gasteiger partial charge in [-0.2, -0.15) is 0 Å². The van der Waals surface area contributed by atoms with Crippen LogP contribution in [0.25, 0.3) is 22.4 Å². The molecule has 0 unspecified atom stereocenters. The fourth-order valence-corrected chi connectivity index (χ4v) is 2.86. The molecule has 0 spiro atoms. The topological polar surface area (TPSA) is 17.8 Å². The number of imidazole rings is 1. The first kappa shape index (κ1) is 13.7. The molecule has 0 saturated carbocycles. The summed E-state index contributed by atoms with van der Waals surface area (Å²) in [5, 5.41) is 0. The Hall–Kier alpha value is -2.94. The normalized spacial score (nSPS) is 11.0. The van der Waals surface area contributed by atoms with Crippen molar-refractivity contribution in [3.05, 3.63) is 90.2 Å². The Balaban J connectivity index is 1.89. The standard InChI is InChI=1S/C20H15FN2/c21-17-10-6-7-15(13-17)14-23-19-12-5-4-11-18(19)22-20(23)16-8-2-1-3-9-16/h1-13H,14H2. The van der Waals surface area contributed by atoms with E-state index in [1.807, 2.05) is 60.7 Å². The molecule has 0 aliphatic carbocycles. The predicted molar refractivity (Wildman–Crippen MR) is 90.7 cm³/mol. The van der Waals surface area contributed by atoms with Crippen molar-refractivity contribution in [1.29, 1.82) is 0 Å². The smallest absolute Gasteiger partial charge is 0.141 e. The van der Waals surface area contributed by atoms with E-state index in [4.69, 9.17) is 4.98 Å². The molecule has 4 rings (SSSR count). The Bertz CT molecular complexity index is 958. The molecule has 0 N–H and O–H groups in total. The highest BCUT2D eigenvalue weighted by molar-refractivity contribution is 5.80. The zero-order valence-corrected chi connectivity index (χ0v) is 12.5. The summed E-state index contributed by atoms with van der Waals surface area (Å²) in [4.78, 5) is 4.77. The van der Waals surface area contributed by atoms with Gasteiger partial charge in [0.2, 0.25) is 0 Å². The van der Waals surface area contributed by atoms with Crippen LogP contribution in [0.3, 0.4) is 0 Å². The van der Waals surface area contributed by atoms with Crippen LogP contribution in [0, 0.1) is 5.82 Å². The minimum atomic E-state index is -0.215. The van der Waals surface area contributed by atoms with E-state index < -0.39 is 0 Å². The molecule has 4 aromatic rings. The van der Waals surface area contributed by atoms with Crippen LogP contribution >= 0.6 is 0 Å². The van der Waals surface area contributed by atoms with Crippen molar-refractivity contribution in [3.8, 4) is 11.4 Å². The second-order valence-electron chi connectivity index (χ2n) is 5.51. The summed E-state index contributed by atoms with van der Waals surface area (Å²) in [6.45, 7) is 0.586. The van der Waals surface area contributed by atoms with Gasteiger partial charge in [-0.1, -0.05) is 54.6 Å². The maximum absolute atomic E-state index is 13.5. The molecule has 2 nitrogen and oxygen atoms in total. The molecule has 3 aromatic carbocycles. The van der Waals surface area contributed by atoms with Crippen molar-refractivity contribution in [1.82, 2.24) is 9.55 Å². The van der Waals surface area contributed by atoms with Crippen LogP contribution < -0.4 is 0 Å². The molecule has 0 radical (unpaired) electrons. The van der Waals surface area contributed by atoms with Crippen LogP contribution in [-0.4, -0.2) is 9.55 Å². The molecule has 0 bridgehead atoms. The third-order valence-corrected chi connectivity index (χ3v) is 3.92. The minimum absolute atomic E-state index is 0.215. The average molecular weight is 302 g/mol. The van der Waals surface area contributed by atoms with E-state index in [0.29, 0.717) is 6.54 Å². The lowest BCUT2D eigenvalue weighted by atomic mass is 10.2. The molecule has 1 heterocycles. The lowest BCUT2D eigenvalue weighted by molar-refractivity contribution is 0.624. The Labute approximate surface area is 133 Å². The zero-order valence-electron chi connectivity index (χ0n) is 12.5. The number of fused-ring (bicyclic) bond motifs is 1. The van der Waals surface area contributed by atoms with Crippen LogP contribution in [0.2, 0.25) is 0 Å². The lowest BCUT2D eigenvalue weighted by Gasteiger charge is -2.10. The highest BCUT2D eigenvalue weighted by Gasteiger charge is 2.12. The first-order valence-electron chi connectivity index (χ1n) is 7.56. The van der Waals surface area contributed by atoms with E-state index in [2.05, 4.69) is 4.57 Å². The molecule has 112 valence electrons. The molecule has 0 fully saturated rings. The predicted octanol–water partition coefficient (Wildman–Crippen LogP) is 4.89. The number of rotatable bonds is 3. The second kappa shape index (κ2) is 5.69. The Kier molecular flexibility index (Phi) is 3.39. The van der Waals surface area contributed by atoms with Gasteiger partial charge < -0.3 is 4.57 Å². The summed E-state index contributed by atoms with van der Waals surface area (Å²) >= 11 is 0. The number of hydrogen-bond donors (Lipinski definition) is 0. The van der Waals surface area contributed by atoms with Crippen molar-refractivity contribution >= 4 is 11.0 Å². The quantitative estimate of drug-likeness (QED) is 0.527. The first-order chi connectivity index (χ1) is 11.3. The van der Waals surface area contributed by atoms with Gasteiger partial charge in [0.1, 0.15) is 11.6 Å². The number of para-hydroxylation sites is 2. The van der Waals surface area contributed by atoms with E-state index in [0.717, 1.165) is 28.0 Å². The van der Waals surface area contributed by atoms with E-state index >= 15 is 0 Å².